The van der Waals surface area contributed by atoms with Gasteiger partial charge in [-0.3, -0.25) is 9.59 Å². The van der Waals surface area contributed by atoms with E-state index in [2.05, 4.69) is 45.9 Å². The summed E-state index contributed by atoms with van der Waals surface area (Å²) in [5.74, 6) is 0.541. The van der Waals surface area contributed by atoms with Crippen LogP contribution in [0.15, 0.2) is 54.6 Å². The predicted octanol–water partition coefficient (Wildman–Crippen LogP) is 2.64. The van der Waals surface area contributed by atoms with Gasteiger partial charge in [-0.25, -0.2) is 0 Å². The molecule has 2 aromatic rings. The lowest BCUT2D eigenvalue weighted by atomic mass is 10.1. The predicted molar refractivity (Wildman–Crippen MR) is 118 cm³/mol. The van der Waals surface area contributed by atoms with Crippen molar-refractivity contribution < 1.29 is 14.3 Å². The van der Waals surface area contributed by atoms with Crippen LogP contribution in [-0.4, -0.2) is 55.5 Å². The first kappa shape index (κ1) is 21.8. The molecular weight excluding hydrogens is 378 g/mol. The lowest BCUT2D eigenvalue weighted by Crippen LogP contribution is -2.39. The normalized spacial score (nSPS) is 14.8. The summed E-state index contributed by atoms with van der Waals surface area (Å²) in [6, 6.07) is 17.9. The zero-order valence-corrected chi connectivity index (χ0v) is 17.6. The molecule has 1 aliphatic heterocycles. The number of likely N-dealkylation sites (tertiary alicyclic amines) is 1. The molecule has 1 aliphatic rings. The largest absolute Gasteiger partial charge is 0.490 e. The fourth-order valence-electron chi connectivity index (χ4n) is 3.58. The van der Waals surface area contributed by atoms with Crippen LogP contribution in [-0.2, 0) is 11.2 Å². The third-order valence-corrected chi connectivity index (χ3v) is 5.30. The maximum atomic E-state index is 12.1. The van der Waals surface area contributed by atoms with E-state index in [1.807, 2.05) is 12.1 Å². The molecule has 160 valence electrons. The molecule has 2 aromatic carbocycles. The summed E-state index contributed by atoms with van der Waals surface area (Å²) in [5, 5.41) is 5.43. The Hall–Kier alpha value is -2.86. The van der Waals surface area contributed by atoms with Crippen molar-refractivity contribution >= 4 is 11.8 Å². The smallest absolute Gasteiger partial charge is 0.251 e. The molecule has 0 unspecified atom stereocenters. The minimum atomic E-state index is -0.154. The second-order valence-corrected chi connectivity index (χ2v) is 7.66. The Morgan fingerprint density at radius 1 is 0.967 bits per heavy atom. The summed E-state index contributed by atoms with van der Waals surface area (Å²) in [6.45, 7) is 5.46. The molecule has 0 atom stereocenters. The molecule has 1 saturated heterocycles. The van der Waals surface area contributed by atoms with Gasteiger partial charge in [0.2, 0.25) is 5.91 Å². The van der Waals surface area contributed by atoms with E-state index in [0.717, 1.165) is 44.6 Å². The van der Waals surface area contributed by atoms with Gasteiger partial charge in [-0.15, -0.1) is 0 Å². The quantitative estimate of drug-likeness (QED) is 0.625. The van der Waals surface area contributed by atoms with Crippen LogP contribution in [0.25, 0.3) is 0 Å². The molecule has 0 bridgehead atoms. The van der Waals surface area contributed by atoms with E-state index in [-0.39, 0.29) is 17.9 Å². The van der Waals surface area contributed by atoms with E-state index >= 15 is 0 Å². The molecule has 0 saturated carbocycles. The SMILES string of the molecule is CC(=O)NCCNC(=O)c1ccc(OC2CCN(CCc3ccccc3)CC2)cc1. The number of nitrogens with one attached hydrogen (secondary N) is 2. The summed E-state index contributed by atoms with van der Waals surface area (Å²) < 4.78 is 6.12. The lowest BCUT2D eigenvalue weighted by molar-refractivity contribution is -0.118. The maximum Gasteiger partial charge on any atom is 0.251 e. The number of nitrogens with zero attached hydrogens (tertiary/aromatic N) is 1. The molecule has 0 radical (unpaired) electrons. The van der Waals surface area contributed by atoms with Gasteiger partial charge in [0.15, 0.2) is 0 Å². The van der Waals surface area contributed by atoms with Gasteiger partial charge in [0, 0.05) is 45.2 Å². The molecule has 0 aromatic heterocycles. The van der Waals surface area contributed by atoms with E-state index in [9.17, 15) is 9.59 Å². The molecule has 3 rings (SSSR count). The first-order valence-corrected chi connectivity index (χ1v) is 10.7. The highest BCUT2D eigenvalue weighted by Gasteiger charge is 2.20. The van der Waals surface area contributed by atoms with Crippen molar-refractivity contribution in [3.05, 3.63) is 65.7 Å². The fourth-order valence-corrected chi connectivity index (χ4v) is 3.58. The summed E-state index contributed by atoms with van der Waals surface area (Å²) >= 11 is 0. The maximum absolute atomic E-state index is 12.1. The van der Waals surface area contributed by atoms with Crippen LogP contribution < -0.4 is 15.4 Å². The average Bonchev–Trinajstić information content (AvgIpc) is 2.77. The summed E-state index contributed by atoms with van der Waals surface area (Å²) in [7, 11) is 0. The van der Waals surface area contributed by atoms with E-state index in [1.54, 1.807) is 12.1 Å². The number of ether oxygens (including phenoxy) is 1. The summed E-state index contributed by atoms with van der Waals surface area (Å²) in [5.41, 5.74) is 1.97. The molecule has 2 amide bonds. The minimum Gasteiger partial charge on any atom is -0.490 e. The molecule has 0 aliphatic carbocycles. The van der Waals surface area contributed by atoms with Gasteiger partial charge in [-0.05, 0) is 49.1 Å². The highest BCUT2D eigenvalue weighted by atomic mass is 16.5. The molecule has 1 fully saturated rings. The fraction of sp³-hybridized carbons (Fsp3) is 0.417. The number of hydrogen-bond donors (Lipinski definition) is 2. The van der Waals surface area contributed by atoms with Crippen molar-refractivity contribution in [2.24, 2.45) is 0 Å². The number of carbonyl (C=O) groups is 2. The number of carbonyl (C=O) groups excluding carboxylic acids is 2. The molecular formula is C24H31N3O3. The standard InChI is InChI=1S/C24H31N3O3/c1-19(28)25-14-15-26-24(29)21-7-9-22(10-8-21)30-23-12-17-27(18-13-23)16-11-20-5-3-2-4-6-20/h2-10,23H,11-18H2,1H3,(H,25,28)(H,26,29). The van der Waals surface area contributed by atoms with Gasteiger partial charge in [-0.2, -0.15) is 0 Å². The van der Waals surface area contributed by atoms with E-state index in [1.165, 1.54) is 12.5 Å². The van der Waals surface area contributed by atoms with Crippen LogP contribution in [0.2, 0.25) is 0 Å². The zero-order chi connectivity index (χ0) is 21.2. The number of piperidine rings is 1. The molecule has 6 nitrogen and oxygen atoms in total. The van der Waals surface area contributed by atoms with Crippen LogP contribution in [0.1, 0.15) is 35.7 Å². The van der Waals surface area contributed by atoms with Crippen LogP contribution >= 0.6 is 0 Å². The van der Waals surface area contributed by atoms with E-state index in [4.69, 9.17) is 4.74 Å². The van der Waals surface area contributed by atoms with Gasteiger partial charge >= 0.3 is 0 Å². The van der Waals surface area contributed by atoms with E-state index in [0.29, 0.717) is 18.7 Å². The Balaban J connectivity index is 1.36. The average molecular weight is 410 g/mol. The molecule has 30 heavy (non-hydrogen) atoms. The zero-order valence-electron chi connectivity index (χ0n) is 17.6. The monoisotopic (exact) mass is 409 g/mol. The number of amides is 2. The van der Waals surface area contributed by atoms with Crippen LogP contribution in [0.5, 0.6) is 5.75 Å². The van der Waals surface area contributed by atoms with Crippen molar-refractivity contribution in [1.82, 2.24) is 15.5 Å². The number of benzene rings is 2. The van der Waals surface area contributed by atoms with Gasteiger partial charge < -0.3 is 20.3 Å². The van der Waals surface area contributed by atoms with Gasteiger partial charge in [-0.1, -0.05) is 30.3 Å². The molecule has 0 spiro atoms. The van der Waals surface area contributed by atoms with Crippen molar-refractivity contribution in [2.75, 3.05) is 32.7 Å². The highest BCUT2D eigenvalue weighted by molar-refractivity contribution is 5.94. The van der Waals surface area contributed by atoms with Crippen LogP contribution in [0.3, 0.4) is 0 Å². The second kappa shape index (κ2) is 11.4. The topological polar surface area (TPSA) is 70.7 Å². The Morgan fingerprint density at radius 3 is 2.30 bits per heavy atom. The first-order chi connectivity index (χ1) is 14.6. The highest BCUT2D eigenvalue weighted by Crippen LogP contribution is 2.20. The van der Waals surface area contributed by atoms with Crippen molar-refractivity contribution in [3.8, 4) is 5.75 Å². The number of hydrogen-bond acceptors (Lipinski definition) is 4. The number of rotatable bonds is 9. The molecule has 6 heteroatoms. The third-order valence-electron chi connectivity index (χ3n) is 5.30. The molecule has 1 heterocycles. The van der Waals surface area contributed by atoms with Crippen molar-refractivity contribution in [1.29, 1.82) is 0 Å². The Bertz CT molecular complexity index is 800. The van der Waals surface area contributed by atoms with Crippen LogP contribution in [0, 0.1) is 0 Å². The summed E-state index contributed by atoms with van der Waals surface area (Å²) in [4.78, 5) is 25.5. The Kier molecular flexibility index (Phi) is 8.27. The van der Waals surface area contributed by atoms with Gasteiger partial charge in [0.1, 0.15) is 11.9 Å². The lowest BCUT2D eigenvalue weighted by Gasteiger charge is -2.32. The Morgan fingerprint density at radius 2 is 1.63 bits per heavy atom. The van der Waals surface area contributed by atoms with Crippen molar-refractivity contribution in [3.63, 3.8) is 0 Å². The minimum absolute atomic E-state index is 0.104. The van der Waals surface area contributed by atoms with Crippen LogP contribution in [0.4, 0.5) is 0 Å². The van der Waals surface area contributed by atoms with Gasteiger partial charge in [0.25, 0.3) is 5.91 Å². The second-order valence-electron chi connectivity index (χ2n) is 7.66. The van der Waals surface area contributed by atoms with E-state index < -0.39 is 0 Å². The van der Waals surface area contributed by atoms with Crippen molar-refractivity contribution in [2.45, 2.75) is 32.3 Å². The van der Waals surface area contributed by atoms with Gasteiger partial charge in [0.05, 0.1) is 0 Å². The Labute approximate surface area is 178 Å². The third kappa shape index (κ3) is 7.19. The first-order valence-electron chi connectivity index (χ1n) is 10.7. The molecule has 2 N–H and O–H groups in total. The summed E-state index contributed by atoms with van der Waals surface area (Å²) in [6.07, 6.45) is 3.33.